The molecule has 100 valence electrons. The molecule has 2 aliphatic heterocycles. The number of hydrogen-bond acceptors (Lipinski definition) is 2. The minimum Gasteiger partial charge on any atom is -0.299 e. The van der Waals surface area contributed by atoms with Crippen LogP contribution in [-0.4, -0.2) is 29.3 Å². The van der Waals surface area contributed by atoms with Gasteiger partial charge in [0, 0.05) is 17.9 Å². The molecule has 4 rings (SSSR count). The number of Topliss-reactive ketones (excluding diaryl/α,β-unsaturated/α-hetero) is 1. The first-order valence-corrected chi connectivity index (χ1v) is 7.99. The summed E-state index contributed by atoms with van der Waals surface area (Å²) in [5.41, 5.74) is 0.314. The molecule has 0 radical (unpaired) electrons. The van der Waals surface area contributed by atoms with Gasteiger partial charge >= 0.3 is 0 Å². The Labute approximate surface area is 110 Å². The number of nitrogens with zero attached hydrogens (tertiary/aromatic N) is 1. The highest BCUT2D eigenvalue weighted by Crippen LogP contribution is 2.59. The van der Waals surface area contributed by atoms with Crippen LogP contribution in [0, 0.1) is 23.7 Å². The third-order valence-electron chi connectivity index (χ3n) is 6.50. The largest absolute Gasteiger partial charge is 0.299 e. The Balaban J connectivity index is 1.82. The zero-order valence-electron chi connectivity index (χ0n) is 11.5. The van der Waals surface area contributed by atoms with Crippen molar-refractivity contribution in [3.05, 3.63) is 0 Å². The highest BCUT2D eigenvalue weighted by atomic mass is 16.1. The molecular formula is C16H25NO. The summed E-state index contributed by atoms with van der Waals surface area (Å²) in [5, 5.41) is 0. The van der Waals surface area contributed by atoms with Crippen LogP contribution < -0.4 is 0 Å². The van der Waals surface area contributed by atoms with Gasteiger partial charge < -0.3 is 0 Å². The SMILES string of the molecule is C[C@@H]1C[C@@H]2CC(=O)C3CCCN4CCC[C@H]2[C@@]34C1. The predicted molar refractivity (Wildman–Crippen MR) is 71.3 cm³/mol. The first-order valence-electron chi connectivity index (χ1n) is 7.99. The van der Waals surface area contributed by atoms with E-state index in [9.17, 15) is 4.79 Å². The van der Waals surface area contributed by atoms with E-state index in [4.69, 9.17) is 0 Å². The molecule has 0 aromatic rings. The smallest absolute Gasteiger partial charge is 0.138 e. The molecule has 4 aliphatic rings. The van der Waals surface area contributed by atoms with Crippen molar-refractivity contribution in [1.82, 2.24) is 4.90 Å². The number of piperidine rings is 2. The lowest BCUT2D eigenvalue weighted by atomic mass is 9.48. The van der Waals surface area contributed by atoms with Crippen molar-refractivity contribution in [2.45, 2.75) is 57.4 Å². The second-order valence-corrected chi connectivity index (χ2v) is 7.40. The lowest BCUT2D eigenvalue weighted by molar-refractivity contribution is -0.172. The minimum atomic E-state index is 0.314. The highest BCUT2D eigenvalue weighted by Gasteiger charge is 2.62. The van der Waals surface area contributed by atoms with Crippen molar-refractivity contribution < 1.29 is 4.79 Å². The second kappa shape index (κ2) is 3.82. The molecule has 0 aromatic heterocycles. The Hall–Kier alpha value is -0.370. The number of carbonyl (C=O) groups is 1. The normalized spacial score (nSPS) is 51.9. The van der Waals surface area contributed by atoms with Crippen molar-refractivity contribution in [2.24, 2.45) is 23.7 Å². The maximum atomic E-state index is 12.5. The number of rotatable bonds is 0. The first kappa shape index (κ1) is 11.5. The van der Waals surface area contributed by atoms with Gasteiger partial charge in [-0.3, -0.25) is 9.69 Å². The zero-order valence-corrected chi connectivity index (χ0v) is 11.5. The summed E-state index contributed by atoms with van der Waals surface area (Å²) in [7, 11) is 0. The minimum absolute atomic E-state index is 0.314. The fourth-order valence-electron chi connectivity index (χ4n) is 6.18. The molecule has 5 atom stereocenters. The fourth-order valence-corrected chi connectivity index (χ4v) is 6.18. The van der Waals surface area contributed by atoms with Crippen LogP contribution in [0.15, 0.2) is 0 Å². The molecule has 2 saturated carbocycles. The van der Waals surface area contributed by atoms with Crippen molar-refractivity contribution in [1.29, 1.82) is 0 Å². The summed E-state index contributed by atoms with van der Waals surface area (Å²) in [6.45, 7) is 4.95. The van der Waals surface area contributed by atoms with Crippen LogP contribution in [0.2, 0.25) is 0 Å². The highest BCUT2D eigenvalue weighted by molar-refractivity contribution is 5.84. The van der Waals surface area contributed by atoms with Crippen molar-refractivity contribution in [3.63, 3.8) is 0 Å². The van der Waals surface area contributed by atoms with Gasteiger partial charge in [0.1, 0.15) is 5.78 Å². The Kier molecular flexibility index (Phi) is 2.43. The summed E-state index contributed by atoms with van der Waals surface area (Å²) in [5.74, 6) is 3.43. The van der Waals surface area contributed by atoms with Gasteiger partial charge in [-0.1, -0.05) is 6.92 Å². The monoisotopic (exact) mass is 247 g/mol. The van der Waals surface area contributed by atoms with Gasteiger partial charge in [-0.25, -0.2) is 0 Å². The molecule has 2 saturated heterocycles. The maximum Gasteiger partial charge on any atom is 0.138 e. The quantitative estimate of drug-likeness (QED) is 0.656. The van der Waals surface area contributed by atoms with Crippen LogP contribution in [0.5, 0.6) is 0 Å². The first-order chi connectivity index (χ1) is 8.72. The van der Waals surface area contributed by atoms with Crippen LogP contribution in [0.3, 0.4) is 0 Å². The van der Waals surface area contributed by atoms with Gasteiger partial charge in [0.2, 0.25) is 0 Å². The van der Waals surface area contributed by atoms with E-state index in [1.807, 2.05) is 0 Å². The number of carbonyl (C=O) groups excluding carboxylic acids is 1. The van der Waals surface area contributed by atoms with Crippen LogP contribution in [0.1, 0.15) is 51.9 Å². The molecule has 2 bridgehead atoms. The van der Waals surface area contributed by atoms with Gasteiger partial charge in [-0.2, -0.15) is 0 Å². The third kappa shape index (κ3) is 1.31. The topological polar surface area (TPSA) is 20.3 Å². The molecule has 0 aromatic carbocycles. The van der Waals surface area contributed by atoms with Gasteiger partial charge in [0.25, 0.3) is 0 Å². The average molecular weight is 247 g/mol. The lowest BCUT2D eigenvalue weighted by Crippen LogP contribution is -2.71. The summed E-state index contributed by atoms with van der Waals surface area (Å²) in [6.07, 6.45) is 8.75. The van der Waals surface area contributed by atoms with Gasteiger partial charge in [-0.05, 0) is 69.4 Å². The van der Waals surface area contributed by atoms with E-state index in [1.165, 1.54) is 51.6 Å². The summed E-state index contributed by atoms with van der Waals surface area (Å²) in [6, 6.07) is 0. The van der Waals surface area contributed by atoms with E-state index >= 15 is 0 Å². The molecule has 2 heterocycles. The Morgan fingerprint density at radius 3 is 2.83 bits per heavy atom. The lowest BCUT2D eigenvalue weighted by Gasteiger charge is -2.65. The molecule has 4 fully saturated rings. The average Bonchev–Trinajstić information content (AvgIpc) is 2.33. The molecule has 2 heteroatoms. The molecule has 2 aliphatic carbocycles. The van der Waals surface area contributed by atoms with Crippen LogP contribution in [-0.2, 0) is 4.79 Å². The van der Waals surface area contributed by atoms with Crippen LogP contribution >= 0.6 is 0 Å². The van der Waals surface area contributed by atoms with E-state index in [0.29, 0.717) is 17.2 Å². The summed E-state index contributed by atoms with van der Waals surface area (Å²) in [4.78, 5) is 15.3. The van der Waals surface area contributed by atoms with E-state index in [-0.39, 0.29) is 0 Å². The molecule has 2 nitrogen and oxygen atoms in total. The van der Waals surface area contributed by atoms with Gasteiger partial charge in [0.15, 0.2) is 0 Å². The van der Waals surface area contributed by atoms with Crippen molar-refractivity contribution in [3.8, 4) is 0 Å². The molecule has 18 heavy (non-hydrogen) atoms. The second-order valence-electron chi connectivity index (χ2n) is 7.40. The van der Waals surface area contributed by atoms with E-state index in [1.54, 1.807) is 0 Å². The van der Waals surface area contributed by atoms with Crippen LogP contribution in [0.25, 0.3) is 0 Å². The number of hydrogen-bond donors (Lipinski definition) is 0. The predicted octanol–water partition coefficient (Wildman–Crippen LogP) is 2.87. The van der Waals surface area contributed by atoms with Gasteiger partial charge in [0.05, 0.1) is 0 Å². The van der Waals surface area contributed by atoms with Crippen molar-refractivity contribution >= 4 is 5.78 Å². The van der Waals surface area contributed by atoms with E-state index in [2.05, 4.69) is 11.8 Å². The van der Waals surface area contributed by atoms with Crippen molar-refractivity contribution in [2.75, 3.05) is 13.1 Å². The zero-order chi connectivity index (χ0) is 12.3. The molecular weight excluding hydrogens is 222 g/mol. The maximum absolute atomic E-state index is 12.5. The molecule has 0 N–H and O–H groups in total. The fraction of sp³-hybridized carbons (Fsp3) is 0.938. The van der Waals surface area contributed by atoms with E-state index in [0.717, 1.165) is 24.2 Å². The molecule has 1 spiro atoms. The van der Waals surface area contributed by atoms with E-state index < -0.39 is 0 Å². The Morgan fingerprint density at radius 1 is 1.22 bits per heavy atom. The third-order valence-corrected chi connectivity index (χ3v) is 6.50. The summed E-state index contributed by atoms with van der Waals surface area (Å²) < 4.78 is 0. The molecule has 0 amide bonds. The summed E-state index contributed by atoms with van der Waals surface area (Å²) >= 11 is 0. The standard InChI is InChI=1S/C16H25NO/c1-11-8-12-9-15(18)14-5-3-7-17-6-2-4-13(12)16(14,17)10-11/h11-14H,2-10H2,1H3/t11-,12-,13-,14?,16+/m1/s1. The Bertz CT molecular complexity index is 377. The molecule has 1 unspecified atom stereocenters. The number of ketones is 1. The Morgan fingerprint density at radius 2 is 2.00 bits per heavy atom. The van der Waals surface area contributed by atoms with Crippen LogP contribution in [0.4, 0.5) is 0 Å². The van der Waals surface area contributed by atoms with Gasteiger partial charge in [-0.15, -0.1) is 0 Å².